The van der Waals surface area contributed by atoms with Crippen molar-refractivity contribution < 1.29 is 14.1 Å². The lowest BCUT2D eigenvalue weighted by atomic mass is 10.2. The number of benzene rings is 1. The number of amides is 1. The zero-order chi connectivity index (χ0) is 17.7. The maximum absolute atomic E-state index is 12.3. The Morgan fingerprint density at radius 2 is 2.25 bits per heavy atom. The average molecular weight is 353 g/mol. The standard InChI is InChI=1S/C16H21ClN4O3/c1-5-14-19-16(24-20-14)10(2)21(3)9-15(22)18-12-8-11(17)6-7-13(12)23-4/h6-8,10H,5,9H2,1-4H3,(H,18,22). The number of likely N-dealkylation sites (N-methyl/N-ethyl adjacent to an activating group) is 1. The van der Waals surface area contributed by atoms with Crippen molar-refractivity contribution in [3.8, 4) is 5.75 Å². The zero-order valence-corrected chi connectivity index (χ0v) is 14.9. The summed E-state index contributed by atoms with van der Waals surface area (Å²) in [7, 11) is 3.35. The number of nitrogens with zero attached hydrogens (tertiary/aromatic N) is 3. The Kier molecular flexibility index (Phi) is 6.16. The van der Waals surface area contributed by atoms with Gasteiger partial charge >= 0.3 is 0 Å². The maximum atomic E-state index is 12.3. The summed E-state index contributed by atoms with van der Waals surface area (Å²) in [5.74, 6) is 1.49. The Morgan fingerprint density at radius 3 is 2.88 bits per heavy atom. The molecule has 0 saturated carbocycles. The number of anilines is 1. The van der Waals surface area contributed by atoms with Crippen molar-refractivity contribution in [2.45, 2.75) is 26.3 Å². The van der Waals surface area contributed by atoms with E-state index in [1.165, 1.54) is 7.11 Å². The molecule has 1 N–H and O–H groups in total. The smallest absolute Gasteiger partial charge is 0.243 e. The molecule has 1 aromatic carbocycles. The van der Waals surface area contributed by atoms with Crippen molar-refractivity contribution >= 4 is 23.2 Å². The molecular weight excluding hydrogens is 332 g/mol. The number of aryl methyl sites for hydroxylation is 1. The first kappa shape index (κ1) is 18.2. The number of hydrogen-bond donors (Lipinski definition) is 1. The lowest BCUT2D eigenvalue weighted by molar-refractivity contribution is -0.117. The molecule has 0 aliphatic rings. The van der Waals surface area contributed by atoms with E-state index >= 15 is 0 Å². The van der Waals surface area contributed by atoms with Gasteiger partial charge in [-0.3, -0.25) is 9.69 Å². The second-order valence-electron chi connectivity index (χ2n) is 5.39. The highest BCUT2D eigenvalue weighted by atomic mass is 35.5. The van der Waals surface area contributed by atoms with E-state index in [-0.39, 0.29) is 18.5 Å². The van der Waals surface area contributed by atoms with E-state index in [9.17, 15) is 4.79 Å². The molecule has 0 aliphatic heterocycles. The molecule has 24 heavy (non-hydrogen) atoms. The van der Waals surface area contributed by atoms with Gasteiger partial charge in [-0.2, -0.15) is 4.98 Å². The molecule has 0 spiro atoms. The fraction of sp³-hybridized carbons (Fsp3) is 0.438. The summed E-state index contributed by atoms with van der Waals surface area (Å²) in [4.78, 5) is 18.4. The van der Waals surface area contributed by atoms with Gasteiger partial charge in [0.2, 0.25) is 11.8 Å². The van der Waals surface area contributed by atoms with E-state index in [4.69, 9.17) is 20.9 Å². The van der Waals surface area contributed by atoms with E-state index in [0.717, 1.165) is 0 Å². The molecule has 2 aromatic rings. The van der Waals surface area contributed by atoms with Crippen molar-refractivity contribution in [1.82, 2.24) is 15.0 Å². The van der Waals surface area contributed by atoms with Crippen LogP contribution < -0.4 is 10.1 Å². The summed E-state index contributed by atoms with van der Waals surface area (Å²) in [6.45, 7) is 4.01. The minimum absolute atomic E-state index is 0.153. The van der Waals surface area contributed by atoms with E-state index in [2.05, 4.69) is 15.5 Å². The van der Waals surface area contributed by atoms with Gasteiger partial charge in [-0.05, 0) is 32.2 Å². The van der Waals surface area contributed by atoms with Crippen LogP contribution in [-0.4, -0.2) is 41.6 Å². The number of carbonyl (C=O) groups excluding carboxylic acids is 1. The van der Waals surface area contributed by atoms with E-state index in [0.29, 0.717) is 34.6 Å². The highest BCUT2D eigenvalue weighted by molar-refractivity contribution is 6.31. The lowest BCUT2D eigenvalue weighted by Gasteiger charge is -2.21. The van der Waals surface area contributed by atoms with Crippen LogP contribution in [0.3, 0.4) is 0 Å². The van der Waals surface area contributed by atoms with Crippen LogP contribution in [0.15, 0.2) is 22.7 Å². The van der Waals surface area contributed by atoms with Gasteiger partial charge in [0.25, 0.3) is 0 Å². The van der Waals surface area contributed by atoms with Gasteiger partial charge in [-0.25, -0.2) is 0 Å². The van der Waals surface area contributed by atoms with Crippen molar-refractivity contribution in [3.05, 3.63) is 34.9 Å². The lowest BCUT2D eigenvalue weighted by Crippen LogP contribution is -2.32. The van der Waals surface area contributed by atoms with Crippen molar-refractivity contribution in [3.63, 3.8) is 0 Å². The molecule has 1 heterocycles. The first-order valence-electron chi connectivity index (χ1n) is 7.60. The monoisotopic (exact) mass is 352 g/mol. The summed E-state index contributed by atoms with van der Waals surface area (Å²) in [5, 5.41) is 7.19. The maximum Gasteiger partial charge on any atom is 0.243 e. The van der Waals surface area contributed by atoms with Gasteiger partial charge < -0.3 is 14.6 Å². The molecular formula is C16H21ClN4O3. The predicted octanol–water partition coefficient (Wildman–Crippen LogP) is 2.93. The Hall–Kier alpha value is -2.12. The van der Waals surface area contributed by atoms with Crippen LogP contribution in [0.25, 0.3) is 0 Å². The van der Waals surface area contributed by atoms with Crippen molar-refractivity contribution in [1.29, 1.82) is 0 Å². The number of aromatic nitrogens is 2. The molecule has 130 valence electrons. The molecule has 1 unspecified atom stereocenters. The number of ether oxygens (including phenoxy) is 1. The van der Waals surface area contributed by atoms with Crippen LogP contribution in [-0.2, 0) is 11.2 Å². The third kappa shape index (κ3) is 4.46. The van der Waals surface area contributed by atoms with E-state index in [1.54, 1.807) is 18.2 Å². The fourth-order valence-electron chi connectivity index (χ4n) is 2.10. The van der Waals surface area contributed by atoms with Crippen LogP contribution in [0.2, 0.25) is 5.02 Å². The Labute approximate surface area is 145 Å². The van der Waals surface area contributed by atoms with Crippen LogP contribution in [0.5, 0.6) is 5.75 Å². The van der Waals surface area contributed by atoms with Gasteiger partial charge in [0.15, 0.2) is 5.82 Å². The van der Waals surface area contributed by atoms with Gasteiger partial charge in [-0.1, -0.05) is 23.7 Å². The normalized spacial score (nSPS) is 12.2. The Balaban J connectivity index is 2.00. The van der Waals surface area contributed by atoms with Gasteiger partial charge in [0.05, 0.1) is 25.4 Å². The topological polar surface area (TPSA) is 80.5 Å². The molecule has 1 aromatic heterocycles. The molecule has 0 saturated heterocycles. The molecule has 0 fully saturated rings. The van der Waals surface area contributed by atoms with Crippen LogP contribution >= 0.6 is 11.6 Å². The number of methoxy groups -OCH3 is 1. The molecule has 7 nitrogen and oxygen atoms in total. The summed E-state index contributed by atoms with van der Waals surface area (Å²) >= 11 is 5.96. The third-order valence-corrected chi connectivity index (χ3v) is 3.88. The Morgan fingerprint density at radius 1 is 1.50 bits per heavy atom. The third-order valence-electron chi connectivity index (χ3n) is 3.65. The summed E-state index contributed by atoms with van der Waals surface area (Å²) in [5.41, 5.74) is 0.530. The van der Waals surface area contributed by atoms with Crippen LogP contribution in [0.4, 0.5) is 5.69 Å². The Bertz CT molecular complexity index is 704. The minimum Gasteiger partial charge on any atom is -0.495 e. The minimum atomic E-state index is -0.194. The second kappa shape index (κ2) is 8.12. The number of carbonyl (C=O) groups is 1. The molecule has 0 radical (unpaired) electrons. The molecule has 8 heteroatoms. The van der Waals surface area contributed by atoms with Gasteiger partial charge in [0, 0.05) is 11.4 Å². The second-order valence-corrected chi connectivity index (χ2v) is 5.82. The molecule has 2 rings (SSSR count). The van der Waals surface area contributed by atoms with Crippen molar-refractivity contribution in [2.75, 3.05) is 26.0 Å². The predicted molar refractivity (Wildman–Crippen MR) is 91.4 cm³/mol. The van der Waals surface area contributed by atoms with Crippen molar-refractivity contribution in [2.24, 2.45) is 0 Å². The number of nitrogens with one attached hydrogen (secondary N) is 1. The van der Waals surface area contributed by atoms with Crippen LogP contribution in [0, 0.1) is 0 Å². The number of rotatable bonds is 7. The van der Waals surface area contributed by atoms with Gasteiger partial charge in [0.1, 0.15) is 5.75 Å². The number of halogens is 1. The summed E-state index contributed by atoms with van der Waals surface area (Å²) in [6, 6.07) is 4.87. The summed E-state index contributed by atoms with van der Waals surface area (Å²) in [6.07, 6.45) is 0.703. The SMILES string of the molecule is CCc1noc(C(C)N(C)CC(=O)Nc2cc(Cl)ccc2OC)n1. The first-order chi connectivity index (χ1) is 11.4. The van der Waals surface area contributed by atoms with Crippen LogP contribution in [0.1, 0.15) is 31.6 Å². The first-order valence-corrected chi connectivity index (χ1v) is 7.98. The molecule has 1 amide bonds. The number of hydrogen-bond acceptors (Lipinski definition) is 6. The quantitative estimate of drug-likeness (QED) is 0.825. The molecule has 0 aliphatic carbocycles. The fourth-order valence-corrected chi connectivity index (χ4v) is 2.27. The van der Waals surface area contributed by atoms with E-state index < -0.39 is 0 Å². The summed E-state index contributed by atoms with van der Waals surface area (Å²) < 4.78 is 10.4. The van der Waals surface area contributed by atoms with Gasteiger partial charge in [-0.15, -0.1) is 0 Å². The molecule has 0 bridgehead atoms. The van der Waals surface area contributed by atoms with E-state index in [1.807, 2.05) is 25.8 Å². The average Bonchev–Trinajstić information content (AvgIpc) is 3.03. The zero-order valence-electron chi connectivity index (χ0n) is 14.2. The highest BCUT2D eigenvalue weighted by Gasteiger charge is 2.21. The highest BCUT2D eigenvalue weighted by Crippen LogP contribution is 2.27. The largest absolute Gasteiger partial charge is 0.495 e. The molecule has 1 atom stereocenters.